The smallest absolute Gasteiger partial charge is 0.197 e. The van der Waals surface area contributed by atoms with Crippen LogP contribution in [0.25, 0.3) is 16.2 Å². The summed E-state index contributed by atoms with van der Waals surface area (Å²) in [7, 11) is 0. The molecule has 0 saturated heterocycles. The normalized spacial score (nSPS) is 16.1. The molecule has 7 rings (SSSR count). The van der Waals surface area contributed by atoms with E-state index in [0.29, 0.717) is 11.1 Å². The number of nitrogens with zero attached hydrogens (tertiary/aromatic N) is 1. The number of rotatable bonds is 2. The number of thiophene rings is 4. The Balaban J connectivity index is 1.29. The Morgan fingerprint density at radius 2 is 1.44 bits per heavy atom. The molecule has 32 heavy (non-hydrogen) atoms. The van der Waals surface area contributed by atoms with Gasteiger partial charge >= 0.3 is 0 Å². The van der Waals surface area contributed by atoms with Crippen molar-refractivity contribution >= 4 is 101 Å². The average Bonchev–Trinajstić information content (AvgIpc) is 3.60. The van der Waals surface area contributed by atoms with Crippen molar-refractivity contribution in [2.45, 2.75) is 8.42 Å². The minimum atomic E-state index is -0.178. The number of carbonyl (C=O) groups excluding carboxylic acids is 2. The van der Waals surface area contributed by atoms with E-state index in [4.69, 9.17) is 0 Å². The molecule has 5 heterocycles. The van der Waals surface area contributed by atoms with E-state index in [1.54, 1.807) is 51.4 Å². The number of benzene rings is 1. The molecule has 154 valence electrons. The Morgan fingerprint density at radius 3 is 2.19 bits per heavy atom. The topological polar surface area (TPSA) is 37.4 Å². The van der Waals surface area contributed by atoms with E-state index < -0.39 is 0 Å². The zero-order valence-corrected chi connectivity index (χ0v) is 20.2. The summed E-state index contributed by atoms with van der Waals surface area (Å²) in [6.45, 7) is 0. The third-order valence-electron chi connectivity index (χ3n) is 5.58. The van der Waals surface area contributed by atoms with Crippen LogP contribution in [0.3, 0.4) is 0 Å². The van der Waals surface area contributed by atoms with Crippen LogP contribution in [-0.2, 0) is 0 Å². The summed E-state index contributed by atoms with van der Waals surface area (Å²) in [6.07, 6.45) is 1.76. The fourth-order valence-electron chi connectivity index (χ4n) is 4.10. The Labute approximate surface area is 203 Å². The highest BCUT2D eigenvalue weighted by Gasteiger charge is 2.34. The van der Waals surface area contributed by atoms with Crippen molar-refractivity contribution in [2.24, 2.45) is 0 Å². The van der Waals surface area contributed by atoms with Gasteiger partial charge in [-0.25, -0.2) is 0 Å². The Hall–Kier alpha value is -2.49. The summed E-state index contributed by atoms with van der Waals surface area (Å²) in [5.74, 6) is -0.354. The molecule has 0 radical (unpaired) electrons. The van der Waals surface area contributed by atoms with Crippen molar-refractivity contribution in [3.05, 3.63) is 80.2 Å². The lowest BCUT2D eigenvalue weighted by atomic mass is 10.1. The Bertz CT molecular complexity index is 1520. The van der Waals surface area contributed by atoms with E-state index in [-0.39, 0.29) is 17.1 Å². The van der Waals surface area contributed by atoms with Crippen LogP contribution in [0.1, 0.15) is 25.6 Å². The molecule has 0 bridgehead atoms. The van der Waals surface area contributed by atoms with Crippen molar-refractivity contribution in [2.75, 3.05) is 4.90 Å². The fourth-order valence-corrected chi connectivity index (χ4v) is 9.17. The highest BCUT2D eigenvalue weighted by molar-refractivity contribution is 8.03. The van der Waals surface area contributed by atoms with E-state index in [2.05, 4.69) is 33.9 Å². The summed E-state index contributed by atoms with van der Waals surface area (Å²) in [5, 5.41) is 8.31. The predicted octanol–water partition coefficient (Wildman–Crippen LogP) is 8.48. The van der Waals surface area contributed by atoms with Gasteiger partial charge in [0.1, 0.15) is 5.00 Å². The molecule has 2 aliphatic rings. The highest BCUT2D eigenvalue weighted by Crippen LogP contribution is 2.56. The molecule has 0 fully saturated rings. The summed E-state index contributed by atoms with van der Waals surface area (Å²) in [4.78, 5) is 29.3. The zero-order valence-electron chi connectivity index (χ0n) is 16.2. The van der Waals surface area contributed by atoms with E-state index in [0.717, 1.165) is 20.0 Å². The van der Waals surface area contributed by atoms with Gasteiger partial charge in [0.2, 0.25) is 0 Å². The van der Waals surface area contributed by atoms with Crippen molar-refractivity contribution < 1.29 is 9.59 Å². The van der Waals surface area contributed by atoms with Gasteiger partial charge in [-0.2, -0.15) is 0 Å². The zero-order chi connectivity index (χ0) is 21.4. The van der Waals surface area contributed by atoms with Crippen molar-refractivity contribution in [1.82, 2.24) is 0 Å². The number of fused-ring (bicyclic) bond motifs is 4. The average molecular weight is 506 g/mol. The second-order valence-electron chi connectivity index (χ2n) is 7.37. The third kappa shape index (κ3) is 2.71. The molecule has 0 spiro atoms. The molecular formula is C24H11NO2S5. The highest BCUT2D eigenvalue weighted by atomic mass is 32.2. The molecule has 5 aromatic rings. The number of hydrogen-bond donors (Lipinski definition) is 0. The van der Waals surface area contributed by atoms with Crippen LogP contribution in [0.15, 0.2) is 72.6 Å². The maximum absolute atomic E-state index is 13.1. The van der Waals surface area contributed by atoms with Gasteiger partial charge in [-0.3, -0.25) is 14.5 Å². The predicted molar refractivity (Wildman–Crippen MR) is 137 cm³/mol. The van der Waals surface area contributed by atoms with Crippen LogP contribution in [-0.4, -0.2) is 11.6 Å². The maximum atomic E-state index is 13.1. The van der Waals surface area contributed by atoms with Crippen molar-refractivity contribution in [3.8, 4) is 0 Å². The van der Waals surface area contributed by atoms with E-state index in [1.807, 2.05) is 41.4 Å². The second kappa shape index (κ2) is 7.00. The number of anilines is 3. The minimum absolute atomic E-state index is 0.176. The monoisotopic (exact) mass is 505 g/mol. The molecule has 0 amide bonds. The van der Waals surface area contributed by atoms with Crippen LogP contribution in [0.5, 0.6) is 0 Å². The first-order chi connectivity index (χ1) is 15.7. The molecule has 1 aromatic carbocycles. The summed E-state index contributed by atoms with van der Waals surface area (Å²) >= 11 is 8.50. The number of hydrogen-bond acceptors (Lipinski definition) is 8. The third-order valence-corrected chi connectivity index (χ3v) is 10.7. The SMILES string of the molecule is O=C1/C(=C\c2ccc(N3c4ccsc4Sc4sccc43)s2)C(=O)c2cc3sccc3cc21. The van der Waals surface area contributed by atoms with Gasteiger partial charge in [-0.15, -0.1) is 45.3 Å². The number of carbonyl (C=O) groups is 2. The van der Waals surface area contributed by atoms with Crippen LogP contribution >= 0.6 is 57.1 Å². The quantitative estimate of drug-likeness (QED) is 0.175. The molecule has 0 saturated carbocycles. The fraction of sp³-hybridized carbons (Fsp3) is 0. The molecule has 1 aliphatic heterocycles. The van der Waals surface area contributed by atoms with E-state index in [1.165, 1.54) is 19.8 Å². The summed E-state index contributed by atoms with van der Waals surface area (Å²) < 4.78 is 3.60. The van der Waals surface area contributed by atoms with Crippen LogP contribution in [0, 0.1) is 0 Å². The van der Waals surface area contributed by atoms with Crippen LogP contribution in [0.2, 0.25) is 0 Å². The van der Waals surface area contributed by atoms with Crippen LogP contribution in [0.4, 0.5) is 16.4 Å². The Morgan fingerprint density at radius 1 is 0.750 bits per heavy atom. The number of allylic oxidation sites excluding steroid dienone is 1. The molecular weight excluding hydrogens is 495 g/mol. The molecule has 0 N–H and O–H groups in total. The van der Waals surface area contributed by atoms with Gasteiger partial charge in [0, 0.05) is 20.7 Å². The van der Waals surface area contributed by atoms with Gasteiger partial charge in [-0.05, 0) is 70.1 Å². The molecule has 4 aromatic heterocycles. The lowest BCUT2D eigenvalue weighted by Crippen LogP contribution is -2.10. The van der Waals surface area contributed by atoms with Crippen LogP contribution < -0.4 is 4.90 Å². The van der Waals surface area contributed by atoms with E-state index >= 15 is 0 Å². The lowest BCUT2D eigenvalue weighted by Gasteiger charge is -2.27. The number of Topliss-reactive ketones (excluding diaryl/α,β-unsaturated/α-hetero) is 2. The van der Waals surface area contributed by atoms with Crippen molar-refractivity contribution in [1.29, 1.82) is 0 Å². The molecule has 0 atom stereocenters. The first kappa shape index (κ1) is 19.0. The van der Waals surface area contributed by atoms with Gasteiger partial charge < -0.3 is 0 Å². The minimum Gasteiger partial charge on any atom is -0.298 e. The summed E-state index contributed by atoms with van der Waals surface area (Å²) in [5.41, 5.74) is 3.67. The van der Waals surface area contributed by atoms with Gasteiger partial charge in [0.05, 0.1) is 25.4 Å². The summed E-state index contributed by atoms with van der Waals surface area (Å²) in [6, 6.07) is 14.1. The largest absolute Gasteiger partial charge is 0.298 e. The first-order valence-electron chi connectivity index (χ1n) is 9.72. The molecule has 0 unspecified atom stereocenters. The number of ketones is 2. The van der Waals surface area contributed by atoms with Gasteiger partial charge in [-0.1, -0.05) is 11.8 Å². The van der Waals surface area contributed by atoms with Gasteiger partial charge in [0.25, 0.3) is 0 Å². The maximum Gasteiger partial charge on any atom is 0.197 e. The van der Waals surface area contributed by atoms with Crippen molar-refractivity contribution in [3.63, 3.8) is 0 Å². The molecule has 8 heteroatoms. The molecule has 1 aliphatic carbocycles. The first-order valence-corrected chi connectivity index (χ1v) is 14.0. The molecule has 3 nitrogen and oxygen atoms in total. The lowest BCUT2D eigenvalue weighted by molar-refractivity contribution is 0.0990. The van der Waals surface area contributed by atoms with E-state index in [9.17, 15) is 9.59 Å². The van der Waals surface area contributed by atoms with Gasteiger partial charge in [0.15, 0.2) is 11.6 Å². The standard InChI is InChI=1S/C24H11NO2S5/c26-21-14-9-12-3-6-28-19(12)11-15(14)22(27)16(21)10-13-1-2-20(31-13)25-17-4-7-29-23(17)32-24-18(25)5-8-30-24/h1-11H/b16-10+. The second-order valence-corrected chi connectivity index (χ2v) is 12.8. The Kier molecular flexibility index (Phi) is 4.16.